The molecule has 5 nitrogen and oxygen atoms in total. The molecular weight excluding hydrogens is 392 g/mol. The van der Waals surface area contributed by atoms with Gasteiger partial charge in [-0.3, -0.25) is 0 Å². The van der Waals surface area contributed by atoms with Gasteiger partial charge in [0.2, 0.25) is 0 Å². The van der Waals surface area contributed by atoms with Gasteiger partial charge in [0, 0.05) is 22.7 Å². The minimum absolute atomic E-state index is 0.204. The second-order valence-corrected chi connectivity index (χ2v) is 8.12. The van der Waals surface area contributed by atoms with Crippen LogP contribution in [0, 0.1) is 6.92 Å². The van der Waals surface area contributed by atoms with Crippen molar-refractivity contribution in [2.45, 2.75) is 25.3 Å². The molecule has 24 heavy (non-hydrogen) atoms. The van der Waals surface area contributed by atoms with E-state index in [1.54, 1.807) is 36.5 Å². The van der Waals surface area contributed by atoms with Gasteiger partial charge in [-0.25, -0.2) is 17.4 Å². The molecule has 0 bridgehead atoms. The minimum atomic E-state index is -3.75. The van der Waals surface area contributed by atoms with Crippen LogP contribution in [0.2, 0.25) is 0 Å². The van der Waals surface area contributed by atoms with Crippen LogP contribution in [-0.2, 0) is 21.4 Å². The van der Waals surface area contributed by atoms with Crippen molar-refractivity contribution >= 4 is 37.0 Å². The van der Waals surface area contributed by atoms with Crippen LogP contribution in [0.5, 0.6) is 0 Å². The Labute approximate surface area is 149 Å². The second kappa shape index (κ2) is 6.66. The van der Waals surface area contributed by atoms with E-state index < -0.39 is 10.0 Å². The maximum Gasteiger partial charge on any atom is 0.269 e. The highest BCUT2D eigenvalue weighted by Crippen LogP contribution is 2.27. The summed E-state index contributed by atoms with van der Waals surface area (Å²) < 4.78 is 33.8. The lowest BCUT2D eigenvalue weighted by Gasteiger charge is -2.11. The summed E-state index contributed by atoms with van der Waals surface area (Å²) in [7, 11) is -3.75. The third-order valence-electron chi connectivity index (χ3n) is 3.65. The number of aryl methyl sites for hydroxylation is 1. The number of rotatable bonds is 5. The van der Waals surface area contributed by atoms with Crippen LogP contribution in [0.25, 0.3) is 11.0 Å². The normalized spacial score (nSPS) is 12.0. The molecule has 0 atom stereocenters. The molecule has 0 fully saturated rings. The molecule has 3 rings (SSSR count). The zero-order chi connectivity index (χ0) is 17.3. The Morgan fingerprint density at radius 2 is 1.92 bits per heavy atom. The SMILES string of the molecule is CCOCc1cc2cc(Br)cnc2n1S(=O)(=O)c1ccc(C)cc1. The Hall–Kier alpha value is -1.70. The molecule has 3 aromatic rings. The predicted octanol–water partition coefficient (Wildman–Crippen LogP) is 3.88. The van der Waals surface area contributed by atoms with E-state index in [1.165, 1.54) is 3.97 Å². The number of benzene rings is 1. The Morgan fingerprint density at radius 3 is 2.58 bits per heavy atom. The first-order valence-electron chi connectivity index (χ1n) is 7.49. The number of pyridine rings is 1. The zero-order valence-electron chi connectivity index (χ0n) is 13.4. The van der Waals surface area contributed by atoms with Crippen molar-refractivity contribution in [2.24, 2.45) is 0 Å². The Kier molecular flexibility index (Phi) is 4.76. The topological polar surface area (TPSA) is 61.2 Å². The molecule has 2 heterocycles. The van der Waals surface area contributed by atoms with Crippen LogP contribution in [0.3, 0.4) is 0 Å². The number of hydrogen-bond donors (Lipinski definition) is 0. The molecular formula is C17H17BrN2O3S. The van der Waals surface area contributed by atoms with Gasteiger partial charge in [0.1, 0.15) is 0 Å². The number of ether oxygens (including phenoxy) is 1. The maximum atomic E-state index is 13.1. The van der Waals surface area contributed by atoms with Crippen LogP contribution < -0.4 is 0 Å². The van der Waals surface area contributed by atoms with Crippen LogP contribution >= 0.6 is 15.9 Å². The summed E-state index contributed by atoms with van der Waals surface area (Å²) >= 11 is 3.37. The maximum absolute atomic E-state index is 13.1. The number of nitrogens with zero attached hydrogens (tertiary/aromatic N) is 2. The Morgan fingerprint density at radius 1 is 1.21 bits per heavy atom. The third kappa shape index (κ3) is 3.11. The van der Waals surface area contributed by atoms with Gasteiger partial charge in [0.25, 0.3) is 10.0 Å². The van der Waals surface area contributed by atoms with E-state index in [0.29, 0.717) is 17.9 Å². The van der Waals surface area contributed by atoms with Gasteiger partial charge in [-0.1, -0.05) is 17.7 Å². The van der Waals surface area contributed by atoms with Gasteiger partial charge < -0.3 is 4.74 Å². The van der Waals surface area contributed by atoms with E-state index in [2.05, 4.69) is 20.9 Å². The van der Waals surface area contributed by atoms with E-state index in [-0.39, 0.29) is 11.5 Å². The molecule has 0 aliphatic heterocycles. The van der Waals surface area contributed by atoms with Gasteiger partial charge in [0.15, 0.2) is 5.65 Å². The summed E-state index contributed by atoms with van der Waals surface area (Å²) in [6, 6.07) is 10.4. The van der Waals surface area contributed by atoms with Crippen molar-refractivity contribution in [3.63, 3.8) is 0 Å². The summed E-state index contributed by atoms with van der Waals surface area (Å²) in [6.07, 6.45) is 1.59. The largest absolute Gasteiger partial charge is 0.375 e. The number of halogens is 1. The zero-order valence-corrected chi connectivity index (χ0v) is 15.8. The third-order valence-corrected chi connectivity index (χ3v) is 5.84. The summed E-state index contributed by atoms with van der Waals surface area (Å²) in [5.74, 6) is 0. The molecule has 2 aromatic heterocycles. The molecule has 0 amide bonds. The Balaban J connectivity index is 2.24. The van der Waals surface area contributed by atoms with Gasteiger partial charge >= 0.3 is 0 Å². The number of fused-ring (bicyclic) bond motifs is 1. The van der Waals surface area contributed by atoms with Crippen molar-refractivity contribution in [2.75, 3.05) is 6.61 Å². The number of aromatic nitrogens is 2. The standard InChI is InChI=1S/C17H17BrN2O3S/c1-3-23-11-15-9-13-8-14(18)10-19-17(13)20(15)24(21,22)16-6-4-12(2)5-7-16/h4-10H,3,11H2,1-2H3. The summed E-state index contributed by atoms with van der Waals surface area (Å²) in [4.78, 5) is 4.53. The first kappa shape index (κ1) is 17.1. The summed E-state index contributed by atoms with van der Waals surface area (Å²) in [6.45, 7) is 4.50. The highest BCUT2D eigenvalue weighted by Gasteiger charge is 2.24. The average Bonchev–Trinajstić information content (AvgIpc) is 2.91. The van der Waals surface area contributed by atoms with E-state index >= 15 is 0 Å². The molecule has 0 N–H and O–H groups in total. The van der Waals surface area contributed by atoms with Gasteiger partial charge in [-0.05, 0) is 54.0 Å². The first-order valence-corrected chi connectivity index (χ1v) is 9.72. The van der Waals surface area contributed by atoms with Gasteiger partial charge in [0.05, 0.1) is 17.2 Å². The fraction of sp³-hybridized carbons (Fsp3) is 0.235. The monoisotopic (exact) mass is 408 g/mol. The molecule has 126 valence electrons. The molecule has 0 aliphatic rings. The van der Waals surface area contributed by atoms with Crippen molar-refractivity contribution in [3.05, 3.63) is 58.3 Å². The summed E-state index contributed by atoms with van der Waals surface area (Å²) in [5.41, 5.74) is 1.95. The van der Waals surface area contributed by atoms with Crippen molar-refractivity contribution in [3.8, 4) is 0 Å². The highest BCUT2D eigenvalue weighted by molar-refractivity contribution is 9.10. The smallest absolute Gasteiger partial charge is 0.269 e. The number of hydrogen-bond acceptors (Lipinski definition) is 4. The van der Waals surface area contributed by atoms with Crippen molar-refractivity contribution < 1.29 is 13.2 Å². The van der Waals surface area contributed by atoms with E-state index in [9.17, 15) is 8.42 Å². The Bertz CT molecular complexity index is 979. The van der Waals surface area contributed by atoms with Crippen molar-refractivity contribution in [1.82, 2.24) is 8.96 Å². The molecule has 0 radical (unpaired) electrons. The van der Waals surface area contributed by atoms with Crippen LogP contribution in [0.4, 0.5) is 0 Å². The van der Waals surface area contributed by atoms with E-state index in [1.807, 2.05) is 19.9 Å². The van der Waals surface area contributed by atoms with Crippen molar-refractivity contribution in [1.29, 1.82) is 0 Å². The lowest BCUT2D eigenvalue weighted by Crippen LogP contribution is -2.16. The molecule has 0 unspecified atom stereocenters. The summed E-state index contributed by atoms with van der Waals surface area (Å²) in [5, 5.41) is 0.745. The molecule has 0 saturated carbocycles. The van der Waals surface area contributed by atoms with Crippen LogP contribution in [0.1, 0.15) is 18.2 Å². The highest BCUT2D eigenvalue weighted by atomic mass is 79.9. The predicted molar refractivity (Wildman–Crippen MR) is 96.5 cm³/mol. The van der Waals surface area contributed by atoms with E-state index in [0.717, 1.165) is 15.4 Å². The molecule has 0 spiro atoms. The average molecular weight is 409 g/mol. The molecule has 7 heteroatoms. The lowest BCUT2D eigenvalue weighted by molar-refractivity contribution is 0.131. The van der Waals surface area contributed by atoms with Crippen LogP contribution in [0.15, 0.2) is 52.0 Å². The lowest BCUT2D eigenvalue weighted by atomic mass is 10.2. The molecule has 1 aromatic carbocycles. The fourth-order valence-electron chi connectivity index (χ4n) is 2.49. The molecule has 0 saturated heterocycles. The fourth-order valence-corrected chi connectivity index (χ4v) is 4.32. The van der Waals surface area contributed by atoms with Gasteiger partial charge in [-0.15, -0.1) is 0 Å². The molecule has 0 aliphatic carbocycles. The first-order chi connectivity index (χ1) is 11.4. The van der Waals surface area contributed by atoms with Crippen LogP contribution in [-0.4, -0.2) is 24.0 Å². The second-order valence-electron chi connectivity index (χ2n) is 5.42. The van der Waals surface area contributed by atoms with Gasteiger partial charge in [-0.2, -0.15) is 0 Å². The quantitative estimate of drug-likeness (QED) is 0.642. The minimum Gasteiger partial charge on any atom is -0.375 e. The van der Waals surface area contributed by atoms with E-state index in [4.69, 9.17) is 4.74 Å².